The number of halogens is 1. The fourth-order valence-corrected chi connectivity index (χ4v) is 5.91. The number of fused-ring (bicyclic) bond motifs is 1. The van der Waals surface area contributed by atoms with Crippen LogP contribution in [-0.4, -0.2) is 44.7 Å². The van der Waals surface area contributed by atoms with Gasteiger partial charge in [0.05, 0.1) is 11.5 Å². The van der Waals surface area contributed by atoms with Gasteiger partial charge in [-0.25, -0.2) is 0 Å². The monoisotopic (exact) mass is 676 g/mol. The number of benzene rings is 4. The summed E-state index contributed by atoms with van der Waals surface area (Å²) in [6, 6.07) is 32.4. The highest BCUT2D eigenvalue weighted by Crippen LogP contribution is 2.47. The molecule has 1 aromatic heterocycles. The van der Waals surface area contributed by atoms with E-state index < -0.39 is 0 Å². The first-order valence-electron chi connectivity index (χ1n) is 14.9. The van der Waals surface area contributed by atoms with Gasteiger partial charge >= 0.3 is 0 Å². The quantitative estimate of drug-likeness (QED) is 0.0933. The van der Waals surface area contributed by atoms with Gasteiger partial charge in [0.25, 0.3) is 0 Å². The number of rotatable bonds is 18. The molecule has 0 fully saturated rings. The molecule has 5 rings (SSSR count). The smallest absolute Gasteiger partial charge is 0.153 e. The van der Waals surface area contributed by atoms with Gasteiger partial charge in [0.1, 0.15) is 23.9 Å². The molecule has 230 valence electrons. The van der Waals surface area contributed by atoms with E-state index in [9.17, 15) is 0 Å². The van der Waals surface area contributed by atoms with Crippen molar-refractivity contribution in [2.45, 2.75) is 25.9 Å². The van der Waals surface area contributed by atoms with Gasteiger partial charge < -0.3 is 28.8 Å². The Balaban J connectivity index is 1.19. The Kier molecular flexibility index (Phi) is 12.5. The van der Waals surface area contributed by atoms with Crippen LogP contribution in [0, 0.1) is 0 Å². The summed E-state index contributed by atoms with van der Waals surface area (Å²) in [7, 11) is 0. The largest absolute Gasteiger partial charge is 0.494 e. The van der Waals surface area contributed by atoms with E-state index in [1.165, 1.54) is 0 Å². The van der Waals surface area contributed by atoms with Gasteiger partial charge in [-0.2, -0.15) is 0 Å². The van der Waals surface area contributed by atoms with Crippen molar-refractivity contribution in [3.63, 3.8) is 0 Å². The molecular formula is C36H37BrO6S. The molecular weight excluding hydrogens is 640 g/mol. The SMILES string of the molecule is OCCCOCCCOCCCOc1ccc(Oc2c(-c3ccc(Br)cc3)sc3cc(OCc4ccccc4)ccc23)cc1. The van der Waals surface area contributed by atoms with Gasteiger partial charge in [-0.05, 0) is 78.6 Å². The summed E-state index contributed by atoms with van der Waals surface area (Å²) < 4.78 is 31.7. The average molecular weight is 678 g/mol. The number of ether oxygens (including phenoxy) is 5. The molecule has 0 aliphatic rings. The molecule has 0 aliphatic carbocycles. The highest BCUT2D eigenvalue weighted by Gasteiger charge is 2.17. The van der Waals surface area contributed by atoms with Crippen LogP contribution in [0.15, 0.2) is 102 Å². The number of thiophene rings is 1. The molecule has 0 spiro atoms. The summed E-state index contributed by atoms with van der Waals surface area (Å²) in [5.41, 5.74) is 2.22. The molecule has 0 aliphatic heterocycles. The van der Waals surface area contributed by atoms with Gasteiger partial charge in [-0.1, -0.05) is 58.4 Å². The molecule has 0 atom stereocenters. The summed E-state index contributed by atoms with van der Waals surface area (Å²) in [6.07, 6.45) is 2.33. The number of aliphatic hydroxyl groups excluding tert-OH is 1. The van der Waals surface area contributed by atoms with Crippen molar-refractivity contribution in [2.75, 3.05) is 39.6 Å². The summed E-state index contributed by atoms with van der Waals surface area (Å²) in [6.45, 7) is 3.80. The Hall–Kier alpha value is -3.40. The second kappa shape index (κ2) is 17.2. The first kappa shape index (κ1) is 32.0. The Morgan fingerprint density at radius 3 is 2.02 bits per heavy atom. The third-order valence-corrected chi connectivity index (χ3v) is 8.45. The zero-order valence-corrected chi connectivity index (χ0v) is 27.0. The van der Waals surface area contributed by atoms with Crippen molar-refractivity contribution in [1.29, 1.82) is 0 Å². The molecule has 1 heterocycles. The fourth-order valence-electron chi connectivity index (χ4n) is 4.48. The molecule has 5 aromatic rings. The molecule has 6 nitrogen and oxygen atoms in total. The van der Waals surface area contributed by atoms with E-state index in [1.54, 1.807) is 11.3 Å². The van der Waals surface area contributed by atoms with E-state index in [2.05, 4.69) is 52.3 Å². The van der Waals surface area contributed by atoms with Crippen LogP contribution in [0.4, 0.5) is 0 Å². The average Bonchev–Trinajstić information content (AvgIpc) is 3.41. The molecule has 0 bridgehead atoms. The molecule has 8 heteroatoms. The maximum Gasteiger partial charge on any atom is 0.153 e. The van der Waals surface area contributed by atoms with E-state index in [4.69, 9.17) is 28.8 Å². The van der Waals surface area contributed by atoms with Crippen LogP contribution in [0.25, 0.3) is 20.5 Å². The van der Waals surface area contributed by atoms with Crippen LogP contribution in [0.2, 0.25) is 0 Å². The Morgan fingerprint density at radius 2 is 1.30 bits per heavy atom. The standard InChI is InChI=1S/C36H37BrO6S/c37-29-11-9-28(10-12-29)36-35(33-18-17-32(25-34(33)44-36)42-26-27-7-2-1-3-8-27)43-31-15-13-30(14-16-31)41-24-6-23-40-22-5-21-39-20-4-19-38/h1-3,7-18,25,38H,4-6,19-24,26H2. The van der Waals surface area contributed by atoms with Crippen LogP contribution in [0.5, 0.6) is 23.0 Å². The number of hydrogen-bond donors (Lipinski definition) is 1. The van der Waals surface area contributed by atoms with Crippen LogP contribution in [0.3, 0.4) is 0 Å². The highest BCUT2D eigenvalue weighted by atomic mass is 79.9. The van der Waals surface area contributed by atoms with Gasteiger partial charge in [0.2, 0.25) is 0 Å². The predicted octanol–water partition coefficient (Wildman–Crippen LogP) is 9.28. The Morgan fingerprint density at radius 1 is 0.636 bits per heavy atom. The van der Waals surface area contributed by atoms with Crippen molar-refractivity contribution in [1.82, 2.24) is 0 Å². The summed E-state index contributed by atoms with van der Waals surface area (Å²) in [5.74, 6) is 3.18. The van der Waals surface area contributed by atoms with Crippen LogP contribution < -0.4 is 14.2 Å². The first-order chi connectivity index (χ1) is 21.7. The minimum absolute atomic E-state index is 0.165. The molecule has 0 saturated carbocycles. The normalized spacial score (nSPS) is 11.1. The van der Waals surface area contributed by atoms with Crippen molar-refractivity contribution in [3.05, 3.63) is 107 Å². The van der Waals surface area contributed by atoms with E-state index in [0.29, 0.717) is 46.1 Å². The second-order valence-corrected chi connectivity index (χ2v) is 12.1. The summed E-state index contributed by atoms with van der Waals surface area (Å²) >= 11 is 5.24. The number of aliphatic hydroxyl groups is 1. The van der Waals surface area contributed by atoms with Gasteiger partial charge in [-0.3, -0.25) is 0 Å². The Labute approximate surface area is 271 Å². The van der Waals surface area contributed by atoms with Crippen molar-refractivity contribution in [2.24, 2.45) is 0 Å². The molecule has 0 unspecified atom stereocenters. The van der Waals surface area contributed by atoms with Gasteiger partial charge in [0.15, 0.2) is 5.75 Å². The van der Waals surface area contributed by atoms with E-state index in [-0.39, 0.29) is 6.61 Å². The lowest BCUT2D eigenvalue weighted by Crippen LogP contribution is -2.06. The van der Waals surface area contributed by atoms with Crippen LogP contribution in [0.1, 0.15) is 24.8 Å². The zero-order chi connectivity index (χ0) is 30.4. The van der Waals surface area contributed by atoms with Crippen molar-refractivity contribution >= 4 is 37.4 Å². The summed E-state index contributed by atoms with van der Waals surface area (Å²) in [4.78, 5) is 1.06. The zero-order valence-electron chi connectivity index (χ0n) is 24.6. The molecule has 44 heavy (non-hydrogen) atoms. The lowest BCUT2D eigenvalue weighted by molar-refractivity contribution is 0.0720. The predicted molar refractivity (Wildman–Crippen MR) is 180 cm³/mol. The lowest BCUT2D eigenvalue weighted by atomic mass is 10.1. The third-order valence-electron chi connectivity index (χ3n) is 6.74. The molecule has 0 radical (unpaired) electrons. The van der Waals surface area contributed by atoms with Crippen LogP contribution >= 0.6 is 27.3 Å². The van der Waals surface area contributed by atoms with E-state index in [1.807, 2.05) is 60.7 Å². The maximum atomic E-state index is 8.75. The van der Waals surface area contributed by atoms with Gasteiger partial charge in [-0.15, -0.1) is 11.3 Å². The van der Waals surface area contributed by atoms with E-state index in [0.717, 1.165) is 66.4 Å². The maximum absolute atomic E-state index is 8.75. The summed E-state index contributed by atoms with van der Waals surface area (Å²) in [5, 5.41) is 9.79. The Bertz CT molecular complexity index is 1550. The molecule has 4 aromatic carbocycles. The lowest BCUT2D eigenvalue weighted by Gasteiger charge is -2.11. The van der Waals surface area contributed by atoms with Crippen molar-refractivity contribution in [3.8, 4) is 33.4 Å². The fraction of sp³-hybridized carbons (Fsp3) is 0.278. The minimum Gasteiger partial charge on any atom is -0.494 e. The number of hydrogen-bond acceptors (Lipinski definition) is 7. The molecule has 0 saturated heterocycles. The van der Waals surface area contributed by atoms with Crippen molar-refractivity contribution < 1.29 is 28.8 Å². The second-order valence-electron chi connectivity index (χ2n) is 10.1. The highest BCUT2D eigenvalue weighted by molar-refractivity contribution is 9.10. The molecule has 1 N–H and O–H groups in total. The topological polar surface area (TPSA) is 66.4 Å². The molecule has 0 amide bonds. The third kappa shape index (κ3) is 9.55. The first-order valence-corrected chi connectivity index (χ1v) is 16.5. The van der Waals surface area contributed by atoms with E-state index >= 15 is 0 Å². The van der Waals surface area contributed by atoms with Crippen LogP contribution in [-0.2, 0) is 16.1 Å². The minimum atomic E-state index is 0.165. The van der Waals surface area contributed by atoms with Gasteiger partial charge in [0, 0.05) is 54.0 Å².